The minimum Gasteiger partial charge on any atom is -0.481 e. The number of rotatable bonds is 4. The Kier molecular flexibility index (Phi) is 5.41. The summed E-state index contributed by atoms with van der Waals surface area (Å²) < 4.78 is 27.2. The van der Waals surface area contributed by atoms with Crippen molar-refractivity contribution in [2.45, 2.75) is 16.7 Å². The van der Waals surface area contributed by atoms with Gasteiger partial charge in [0.1, 0.15) is 4.21 Å². The smallest absolute Gasteiger partial charge is 0.305 e. The molecule has 0 aliphatic carbocycles. The Hall–Kier alpha value is 0.200. The number of hydrogen-bond acceptors (Lipinski definition) is 5. The molecule has 1 aliphatic heterocycles. The molecule has 0 spiro atoms. The molecular weight excluding hydrogens is 410 g/mol. The lowest BCUT2D eigenvalue weighted by molar-refractivity contribution is -0.137. The van der Waals surface area contributed by atoms with Gasteiger partial charge in [0, 0.05) is 24.1 Å². The summed E-state index contributed by atoms with van der Waals surface area (Å²) in [6.07, 6.45) is -0.188. The van der Waals surface area contributed by atoms with Crippen molar-refractivity contribution in [3.63, 3.8) is 0 Å². The summed E-state index contributed by atoms with van der Waals surface area (Å²) in [6, 6.07) is 0.876. The van der Waals surface area contributed by atoms with Crippen LogP contribution >= 0.6 is 50.6 Å². The first-order chi connectivity index (χ1) is 9.32. The van der Waals surface area contributed by atoms with E-state index in [1.165, 1.54) is 10.4 Å². The van der Waals surface area contributed by atoms with Crippen molar-refractivity contribution in [2.75, 3.05) is 18.1 Å². The van der Waals surface area contributed by atoms with Crippen LogP contribution in [0.3, 0.4) is 0 Å². The highest BCUT2D eigenvalue weighted by Gasteiger charge is 2.36. The topological polar surface area (TPSA) is 74.7 Å². The maximum atomic E-state index is 12.6. The predicted molar refractivity (Wildman–Crippen MR) is 84.3 cm³/mol. The first-order valence-electron chi connectivity index (χ1n) is 5.58. The molecule has 1 aromatic heterocycles. The third kappa shape index (κ3) is 3.50. The second-order valence-electron chi connectivity index (χ2n) is 4.13. The number of thiophene rings is 1. The Bertz CT molecular complexity index is 599. The fraction of sp³-hybridized carbons (Fsp3) is 0.500. The minimum absolute atomic E-state index is 0.136. The monoisotopic (exact) mass is 419 g/mol. The van der Waals surface area contributed by atoms with Crippen LogP contribution in [0.4, 0.5) is 0 Å². The van der Waals surface area contributed by atoms with Crippen LogP contribution < -0.4 is 0 Å². The Balaban J connectivity index is 2.32. The first kappa shape index (κ1) is 16.6. The lowest BCUT2D eigenvalue weighted by atomic mass is 10.2. The van der Waals surface area contributed by atoms with E-state index >= 15 is 0 Å². The van der Waals surface area contributed by atoms with Gasteiger partial charge in [-0.3, -0.25) is 4.79 Å². The van der Waals surface area contributed by atoms with Crippen LogP contribution in [0.2, 0.25) is 5.02 Å². The number of nitrogens with zero attached hydrogens (tertiary/aromatic N) is 1. The fourth-order valence-electron chi connectivity index (χ4n) is 1.89. The number of carboxylic acids is 1. The van der Waals surface area contributed by atoms with Crippen LogP contribution in [-0.4, -0.2) is 47.9 Å². The van der Waals surface area contributed by atoms with Gasteiger partial charge in [-0.2, -0.15) is 16.1 Å². The van der Waals surface area contributed by atoms with E-state index in [0.717, 1.165) is 11.3 Å². The zero-order valence-corrected chi connectivity index (χ0v) is 14.9. The predicted octanol–water partition coefficient (Wildman–Crippen LogP) is 2.74. The second kappa shape index (κ2) is 6.53. The summed E-state index contributed by atoms with van der Waals surface area (Å²) in [7, 11) is -3.70. The van der Waals surface area contributed by atoms with Crippen molar-refractivity contribution in [2.24, 2.45) is 0 Å². The van der Waals surface area contributed by atoms with Gasteiger partial charge in [0.2, 0.25) is 0 Å². The van der Waals surface area contributed by atoms with E-state index in [1.54, 1.807) is 11.8 Å². The van der Waals surface area contributed by atoms with Gasteiger partial charge in [0.15, 0.2) is 0 Å². The van der Waals surface area contributed by atoms with Crippen molar-refractivity contribution >= 4 is 66.6 Å². The molecule has 2 heterocycles. The second-order valence-corrected chi connectivity index (χ2v) is 10.2. The van der Waals surface area contributed by atoms with Gasteiger partial charge < -0.3 is 5.11 Å². The molecule has 5 nitrogen and oxygen atoms in total. The molecule has 1 N–H and O–H groups in total. The molecule has 2 rings (SSSR count). The van der Waals surface area contributed by atoms with Crippen LogP contribution in [0.1, 0.15) is 6.42 Å². The van der Waals surface area contributed by atoms with Gasteiger partial charge in [-0.05, 0) is 22.0 Å². The van der Waals surface area contributed by atoms with E-state index in [9.17, 15) is 13.2 Å². The van der Waals surface area contributed by atoms with Crippen molar-refractivity contribution in [1.82, 2.24) is 4.31 Å². The molecule has 10 heteroatoms. The molecule has 0 saturated carbocycles. The lowest BCUT2D eigenvalue weighted by Gasteiger charge is -2.33. The number of thioether (sulfide) groups is 1. The van der Waals surface area contributed by atoms with Gasteiger partial charge >= 0.3 is 5.97 Å². The molecule has 1 atom stereocenters. The molecule has 20 heavy (non-hydrogen) atoms. The maximum absolute atomic E-state index is 12.6. The van der Waals surface area contributed by atoms with Crippen LogP contribution in [0.25, 0.3) is 0 Å². The van der Waals surface area contributed by atoms with E-state index in [2.05, 4.69) is 15.9 Å². The number of carboxylic acid groups (broad SMARTS) is 1. The SMILES string of the molecule is O=C(O)CC1CSCCN1S(=O)(=O)c1cc(Cl)c(Br)s1. The van der Waals surface area contributed by atoms with Crippen LogP contribution in [0, 0.1) is 0 Å². The molecule has 1 unspecified atom stereocenters. The summed E-state index contributed by atoms with van der Waals surface area (Å²) in [5, 5.41) is 9.25. The van der Waals surface area contributed by atoms with Crippen molar-refractivity contribution in [3.05, 3.63) is 14.9 Å². The number of aliphatic carboxylic acids is 1. The zero-order chi connectivity index (χ0) is 14.9. The number of sulfonamides is 1. The molecule has 0 radical (unpaired) electrons. The highest BCUT2D eigenvalue weighted by atomic mass is 79.9. The van der Waals surface area contributed by atoms with Gasteiger partial charge in [0.25, 0.3) is 10.0 Å². The third-order valence-electron chi connectivity index (χ3n) is 2.77. The summed E-state index contributed by atoms with van der Waals surface area (Å²) in [5.74, 6) is 0.157. The summed E-state index contributed by atoms with van der Waals surface area (Å²) >= 11 is 11.7. The van der Waals surface area contributed by atoms with E-state index in [0.29, 0.717) is 26.9 Å². The highest BCUT2D eigenvalue weighted by Crippen LogP contribution is 2.37. The molecule has 1 aromatic rings. The number of carbonyl (C=O) groups is 1. The Morgan fingerprint density at radius 2 is 2.30 bits per heavy atom. The molecule has 0 bridgehead atoms. The van der Waals surface area contributed by atoms with Crippen LogP contribution in [0.5, 0.6) is 0 Å². The number of halogens is 2. The quantitative estimate of drug-likeness (QED) is 0.810. The fourth-order valence-corrected chi connectivity index (χ4v) is 7.31. The molecule has 0 aromatic carbocycles. The van der Waals surface area contributed by atoms with Crippen LogP contribution in [0.15, 0.2) is 14.1 Å². The maximum Gasteiger partial charge on any atom is 0.305 e. The van der Waals surface area contributed by atoms with E-state index in [1.807, 2.05) is 0 Å². The first-order valence-corrected chi connectivity index (χ1v) is 10.2. The normalized spacial score (nSPS) is 21.0. The van der Waals surface area contributed by atoms with Crippen LogP contribution in [-0.2, 0) is 14.8 Å². The van der Waals surface area contributed by atoms with Gasteiger partial charge in [0.05, 0.1) is 15.2 Å². The van der Waals surface area contributed by atoms with Gasteiger partial charge in [-0.25, -0.2) is 8.42 Å². The zero-order valence-electron chi connectivity index (χ0n) is 10.1. The molecule has 1 aliphatic rings. The van der Waals surface area contributed by atoms with Crippen molar-refractivity contribution in [3.8, 4) is 0 Å². The molecular formula is C10H11BrClNO4S3. The average Bonchev–Trinajstić information content (AvgIpc) is 2.70. The van der Waals surface area contributed by atoms with E-state index in [4.69, 9.17) is 16.7 Å². The molecule has 1 saturated heterocycles. The summed E-state index contributed by atoms with van der Waals surface area (Å²) in [6.45, 7) is 0.318. The summed E-state index contributed by atoms with van der Waals surface area (Å²) in [4.78, 5) is 10.9. The minimum atomic E-state index is -3.70. The Labute approximate surface area is 138 Å². The molecule has 1 fully saturated rings. The van der Waals surface area contributed by atoms with Crippen molar-refractivity contribution in [1.29, 1.82) is 0 Å². The van der Waals surface area contributed by atoms with Gasteiger partial charge in [-0.15, -0.1) is 11.3 Å². The molecule has 112 valence electrons. The standard InChI is InChI=1S/C10H11BrClNO4S3/c11-10-7(12)4-9(19-10)20(16,17)13-1-2-18-5-6(13)3-8(14)15/h4,6H,1-3,5H2,(H,14,15). The number of hydrogen-bond donors (Lipinski definition) is 1. The molecule has 0 amide bonds. The summed E-state index contributed by atoms with van der Waals surface area (Å²) in [5.41, 5.74) is 0. The highest BCUT2D eigenvalue weighted by molar-refractivity contribution is 9.11. The van der Waals surface area contributed by atoms with Crippen molar-refractivity contribution < 1.29 is 18.3 Å². The Morgan fingerprint density at radius 3 is 2.85 bits per heavy atom. The largest absolute Gasteiger partial charge is 0.481 e. The third-order valence-corrected chi connectivity index (χ3v) is 8.74. The van der Waals surface area contributed by atoms with E-state index in [-0.39, 0.29) is 10.6 Å². The lowest BCUT2D eigenvalue weighted by Crippen LogP contribution is -2.46. The average molecular weight is 421 g/mol. The van der Waals surface area contributed by atoms with E-state index < -0.39 is 22.0 Å². The van der Waals surface area contributed by atoms with Gasteiger partial charge in [-0.1, -0.05) is 11.6 Å². The Morgan fingerprint density at radius 1 is 1.60 bits per heavy atom.